The largest absolute Gasteiger partial charge is 0.484 e. The lowest BCUT2D eigenvalue weighted by molar-refractivity contribution is -0.153. The van der Waals surface area contributed by atoms with Gasteiger partial charge in [-0.05, 0) is 42.3 Å². The number of halogens is 4. The van der Waals surface area contributed by atoms with E-state index in [2.05, 4.69) is 10.1 Å². The van der Waals surface area contributed by atoms with Crippen molar-refractivity contribution in [2.24, 2.45) is 5.73 Å². The number of alkyl halides is 3. The molecule has 0 saturated carbocycles. The molecule has 8 heteroatoms. The van der Waals surface area contributed by atoms with Crippen LogP contribution in [0.1, 0.15) is 34.5 Å². The summed E-state index contributed by atoms with van der Waals surface area (Å²) in [7, 11) is 0. The number of rotatable bonds is 6. The second kappa shape index (κ2) is 9.45. The van der Waals surface area contributed by atoms with Crippen molar-refractivity contribution in [3.8, 4) is 5.75 Å². The first kappa shape index (κ1) is 21.8. The first-order valence-corrected chi connectivity index (χ1v) is 7.68. The van der Waals surface area contributed by atoms with Gasteiger partial charge in [0.25, 0.3) is 5.91 Å². The minimum absolute atomic E-state index is 0. The summed E-state index contributed by atoms with van der Waals surface area (Å²) in [6.45, 7) is 0.857. The Bertz CT molecular complexity index is 704. The summed E-state index contributed by atoms with van der Waals surface area (Å²) in [6.07, 6.45) is -4.38. The van der Waals surface area contributed by atoms with Crippen LogP contribution in [-0.4, -0.2) is 18.7 Å². The number of nitrogens with two attached hydrogens (primary N) is 1. The van der Waals surface area contributed by atoms with Gasteiger partial charge in [0.15, 0.2) is 6.61 Å². The number of hydrogen-bond donors (Lipinski definition) is 2. The predicted molar refractivity (Wildman–Crippen MR) is 95.5 cm³/mol. The number of amides is 1. The Morgan fingerprint density at radius 3 is 2.19 bits per heavy atom. The highest BCUT2D eigenvalue weighted by Gasteiger charge is 2.28. The number of nitrogens with one attached hydrogen (secondary N) is 1. The van der Waals surface area contributed by atoms with Gasteiger partial charge in [0.05, 0.1) is 6.04 Å². The van der Waals surface area contributed by atoms with Gasteiger partial charge in [0.1, 0.15) is 5.75 Å². The third-order valence-corrected chi connectivity index (χ3v) is 3.58. The molecule has 0 heterocycles. The molecule has 0 spiro atoms. The highest BCUT2D eigenvalue weighted by atomic mass is 35.5. The van der Waals surface area contributed by atoms with E-state index in [-0.39, 0.29) is 30.1 Å². The van der Waals surface area contributed by atoms with Gasteiger partial charge in [-0.3, -0.25) is 4.79 Å². The van der Waals surface area contributed by atoms with Gasteiger partial charge in [0.2, 0.25) is 0 Å². The third kappa shape index (κ3) is 6.57. The molecule has 1 amide bonds. The van der Waals surface area contributed by atoms with Gasteiger partial charge < -0.3 is 15.8 Å². The van der Waals surface area contributed by atoms with Crippen LogP contribution < -0.4 is 15.8 Å². The fourth-order valence-corrected chi connectivity index (χ4v) is 2.17. The average molecular weight is 389 g/mol. The molecule has 142 valence electrons. The van der Waals surface area contributed by atoms with Crippen LogP contribution in [-0.2, 0) is 6.54 Å². The fraction of sp³-hybridized carbons (Fsp3) is 0.278. The molecule has 1 atom stereocenters. The van der Waals surface area contributed by atoms with Crippen LogP contribution in [0.2, 0.25) is 0 Å². The van der Waals surface area contributed by atoms with E-state index in [1.807, 2.05) is 0 Å². The normalized spacial score (nSPS) is 12.0. The summed E-state index contributed by atoms with van der Waals surface area (Å²) in [6, 6.07) is 12.8. The smallest absolute Gasteiger partial charge is 0.422 e. The van der Waals surface area contributed by atoms with E-state index in [9.17, 15) is 18.0 Å². The molecule has 3 N–H and O–H groups in total. The Morgan fingerprint density at radius 2 is 1.69 bits per heavy atom. The molecular weight excluding hydrogens is 369 g/mol. The lowest BCUT2D eigenvalue weighted by Crippen LogP contribution is -2.26. The number of carbonyl (C=O) groups excluding carboxylic acids is 1. The van der Waals surface area contributed by atoms with Crippen LogP contribution in [0.15, 0.2) is 48.5 Å². The molecule has 2 aromatic rings. The van der Waals surface area contributed by atoms with Crippen LogP contribution in [0.4, 0.5) is 13.2 Å². The van der Waals surface area contributed by atoms with Crippen molar-refractivity contribution in [1.29, 1.82) is 0 Å². The van der Waals surface area contributed by atoms with Gasteiger partial charge in [-0.2, -0.15) is 13.2 Å². The second-order valence-corrected chi connectivity index (χ2v) is 5.57. The van der Waals surface area contributed by atoms with E-state index in [0.29, 0.717) is 12.1 Å². The van der Waals surface area contributed by atoms with E-state index in [1.165, 1.54) is 12.1 Å². The Hall–Kier alpha value is -2.25. The van der Waals surface area contributed by atoms with Gasteiger partial charge >= 0.3 is 6.18 Å². The zero-order valence-electron chi connectivity index (χ0n) is 14.0. The first-order chi connectivity index (χ1) is 11.8. The molecule has 1 unspecified atom stereocenters. The van der Waals surface area contributed by atoms with Crippen molar-refractivity contribution in [3.63, 3.8) is 0 Å². The molecule has 0 bridgehead atoms. The van der Waals surface area contributed by atoms with E-state index in [4.69, 9.17) is 5.73 Å². The molecule has 0 fully saturated rings. The lowest BCUT2D eigenvalue weighted by Gasteiger charge is -2.15. The van der Waals surface area contributed by atoms with Crippen LogP contribution in [0, 0.1) is 0 Å². The summed E-state index contributed by atoms with van der Waals surface area (Å²) in [5, 5.41) is 2.83. The molecule has 4 nitrogen and oxygen atoms in total. The van der Waals surface area contributed by atoms with Crippen LogP contribution in [0.25, 0.3) is 0 Å². The van der Waals surface area contributed by atoms with Crippen LogP contribution >= 0.6 is 12.4 Å². The maximum Gasteiger partial charge on any atom is 0.422 e. The van der Waals surface area contributed by atoms with E-state index in [1.54, 1.807) is 43.3 Å². The molecule has 2 aromatic carbocycles. The minimum atomic E-state index is -4.38. The number of ether oxygens (including phenoxy) is 1. The highest BCUT2D eigenvalue weighted by molar-refractivity contribution is 5.94. The quantitative estimate of drug-likeness (QED) is 0.786. The van der Waals surface area contributed by atoms with Gasteiger partial charge in [0, 0.05) is 12.1 Å². The van der Waals surface area contributed by atoms with E-state index < -0.39 is 12.8 Å². The third-order valence-electron chi connectivity index (χ3n) is 3.58. The molecule has 26 heavy (non-hydrogen) atoms. The molecule has 0 radical (unpaired) electrons. The molecule has 0 aliphatic rings. The van der Waals surface area contributed by atoms with Gasteiger partial charge in [-0.25, -0.2) is 0 Å². The zero-order chi connectivity index (χ0) is 18.4. The second-order valence-electron chi connectivity index (χ2n) is 5.57. The lowest BCUT2D eigenvalue weighted by atomic mass is 10.1. The first-order valence-electron chi connectivity index (χ1n) is 7.68. The van der Waals surface area contributed by atoms with E-state index >= 15 is 0 Å². The van der Waals surface area contributed by atoms with Crippen molar-refractivity contribution in [2.75, 3.05) is 6.61 Å². The average Bonchev–Trinajstić information content (AvgIpc) is 2.59. The van der Waals surface area contributed by atoms with Crippen molar-refractivity contribution in [1.82, 2.24) is 5.32 Å². The summed E-state index contributed by atoms with van der Waals surface area (Å²) in [5.74, 6) is -0.120. The van der Waals surface area contributed by atoms with E-state index in [0.717, 1.165) is 11.1 Å². The van der Waals surface area contributed by atoms with Gasteiger partial charge in [-0.1, -0.05) is 24.3 Å². The molecule has 0 aliphatic carbocycles. The molecule has 0 aliphatic heterocycles. The molecular formula is C18H20ClF3N2O2. The molecule has 0 saturated heterocycles. The summed E-state index contributed by atoms with van der Waals surface area (Å²) >= 11 is 0. The minimum Gasteiger partial charge on any atom is -0.484 e. The van der Waals surface area contributed by atoms with Crippen molar-refractivity contribution in [2.45, 2.75) is 25.7 Å². The van der Waals surface area contributed by atoms with Crippen molar-refractivity contribution in [3.05, 3.63) is 65.2 Å². The Labute approximate surface area is 155 Å². The van der Waals surface area contributed by atoms with Crippen molar-refractivity contribution < 1.29 is 22.7 Å². The number of benzene rings is 2. The zero-order valence-corrected chi connectivity index (χ0v) is 14.9. The number of hydrogen-bond acceptors (Lipinski definition) is 3. The topological polar surface area (TPSA) is 64.4 Å². The predicted octanol–water partition coefficient (Wildman–Crippen LogP) is 4.00. The van der Waals surface area contributed by atoms with Crippen LogP contribution in [0.3, 0.4) is 0 Å². The highest BCUT2D eigenvalue weighted by Crippen LogP contribution is 2.21. The molecule has 2 rings (SSSR count). The van der Waals surface area contributed by atoms with Gasteiger partial charge in [-0.15, -0.1) is 12.4 Å². The Morgan fingerprint density at radius 1 is 1.12 bits per heavy atom. The fourth-order valence-electron chi connectivity index (χ4n) is 2.17. The summed E-state index contributed by atoms with van der Waals surface area (Å²) < 4.78 is 41.0. The van der Waals surface area contributed by atoms with Crippen molar-refractivity contribution >= 4 is 18.3 Å². The summed E-state index contributed by atoms with van der Waals surface area (Å²) in [5.41, 5.74) is 7.71. The molecule has 0 aromatic heterocycles. The monoisotopic (exact) mass is 388 g/mol. The number of carbonyl (C=O) groups is 1. The Balaban J connectivity index is 0.00000338. The summed E-state index contributed by atoms with van der Waals surface area (Å²) in [4.78, 5) is 12.2. The maximum absolute atomic E-state index is 12.2. The Kier molecular flexibility index (Phi) is 7.92. The van der Waals surface area contributed by atoms with Crippen LogP contribution in [0.5, 0.6) is 5.75 Å². The maximum atomic E-state index is 12.2. The standard InChI is InChI=1S/C18H19F3N2O2.ClH/c1-12(23-17(24)15-4-2-13(10-22)3-5-15)14-6-8-16(9-7-14)25-11-18(19,20)21;/h2-9,12H,10-11,22H2,1H3,(H,23,24);1H. The SMILES string of the molecule is CC(NC(=O)c1ccc(CN)cc1)c1ccc(OCC(F)(F)F)cc1.Cl.